The Morgan fingerprint density at radius 1 is 1.43 bits per heavy atom. The lowest BCUT2D eigenvalue weighted by Gasteiger charge is -2.18. The number of nitrogens with zero attached hydrogens (tertiary/aromatic N) is 5. The number of aliphatic carboxylic acids is 1. The van der Waals surface area contributed by atoms with Gasteiger partial charge in [0.15, 0.2) is 0 Å². The van der Waals surface area contributed by atoms with Crippen LogP contribution in [0.2, 0.25) is 0 Å². The van der Waals surface area contributed by atoms with E-state index in [-0.39, 0.29) is 18.3 Å². The Balaban J connectivity index is 1.88. The van der Waals surface area contributed by atoms with Crippen LogP contribution in [0.1, 0.15) is 29.7 Å². The van der Waals surface area contributed by atoms with Crippen LogP contribution in [-0.4, -0.2) is 54.6 Å². The molecule has 3 heterocycles. The monoisotopic (exact) mass is 289 g/mol. The molecule has 2 aromatic rings. The first-order valence-corrected chi connectivity index (χ1v) is 6.62. The highest BCUT2D eigenvalue weighted by Gasteiger charge is 2.43. The van der Waals surface area contributed by atoms with Gasteiger partial charge in [-0.05, 0) is 26.3 Å². The van der Waals surface area contributed by atoms with Crippen LogP contribution in [-0.2, 0) is 4.79 Å². The van der Waals surface area contributed by atoms with Crippen LogP contribution in [0, 0.1) is 12.3 Å². The van der Waals surface area contributed by atoms with Gasteiger partial charge < -0.3 is 10.0 Å². The summed E-state index contributed by atoms with van der Waals surface area (Å²) in [6, 6.07) is 1.77. The fourth-order valence-electron chi connectivity index (χ4n) is 2.45. The lowest BCUT2D eigenvalue weighted by atomic mass is 9.90. The first kappa shape index (κ1) is 13.5. The van der Waals surface area contributed by atoms with Crippen LogP contribution in [0.3, 0.4) is 0 Å². The molecule has 8 heteroatoms. The van der Waals surface area contributed by atoms with Crippen molar-refractivity contribution in [2.45, 2.75) is 20.3 Å². The molecule has 0 bridgehead atoms. The molecule has 1 atom stereocenters. The van der Waals surface area contributed by atoms with E-state index in [1.54, 1.807) is 19.2 Å². The average Bonchev–Trinajstić information content (AvgIpc) is 3.03. The number of carboxylic acid groups (broad SMARTS) is 1. The van der Waals surface area contributed by atoms with Crippen LogP contribution < -0.4 is 0 Å². The maximum Gasteiger partial charge on any atom is 0.311 e. The largest absolute Gasteiger partial charge is 0.481 e. The van der Waals surface area contributed by atoms with Crippen molar-refractivity contribution >= 4 is 17.7 Å². The number of carbonyl (C=O) groups is 2. The third kappa shape index (κ3) is 2.12. The molecule has 0 spiro atoms. The van der Waals surface area contributed by atoms with Crippen LogP contribution >= 0.6 is 0 Å². The van der Waals surface area contributed by atoms with Crippen molar-refractivity contribution in [1.82, 2.24) is 24.5 Å². The second kappa shape index (κ2) is 4.51. The molecular formula is C13H15N5O3. The second-order valence-corrected chi connectivity index (χ2v) is 5.58. The van der Waals surface area contributed by atoms with Crippen molar-refractivity contribution in [2.24, 2.45) is 5.41 Å². The summed E-state index contributed by atoms with van der Waals surface area (Å²) in [5.41, 5.74) is -0.0773. The van der Waals surface area contributed by atoms with Gasteiger partial charge in [0, 0.05) is 25.0 Å². The maximum atomic E-state index is 12.4. The van der Waals surface area contributed by atoms with E-state index in [9.17, 15) is 14.7 Å². The molecular weight excluding hydrogens is 274 g/mol. The van der Waals surface area contributed by atoms with E-state index in [4.69, 9.17) is 0 Å². The topological polar surface area (TPSA) is 101 Å². The molecule has 8 nitrogen and oxygen atoms in total. The van der Waals surface area contributed by atoms with Crippen molar-refractivity contribution in [1.29, 1.82) is 0 Å². The van der Waals surface area contributed by atoms with E-state index in [0.717, 1.165) is 5.69 Å². The second-order valence-electron chi connectivity index (χ2n) is 5.58. The normalized spacial score (nSPS) is 21.9. The summed E-state index contributed by atoms with van der Waals surface area (Å²) in [7, 11) is 0. The predicted molar refractivity (Wildman–Crippen MR) is 71.8 cm³/mol. The summed E-state index contributed by atoms with van der Waals surface area (Å²) in [5, 5.41) is 13.4. The van der Waals surface area contributed by atoms with E-state index in [1.807, 2.05) is 6.92 Å². The number of rotatable bonds is 2. The maximum absolute atomic E-state index is 12.4. The number of hydrogen-bond acceptors (Lipinski definition) is 5. The van der Waals surface area contributed by atoms with Crippen LogP contribution in [0.25, 0.3) is 5.78 Å². The summed E-state index contributed by atoms with van der Waals surface area (Å²) in [5.74, 6) is -0.840. The average molecular weight is 289 g/mol. The Bertz CT molecular complexity index is 740. The molecule has 110 valence electrons. The Labute approximate surface area is 120 Å². The molecule has 1 unspecified atom stereocenters. The fraction of sp³-hybridized carbons (Fsp3) is 0.462. The molecule has 0 radical (unpaired) electrons. The van der Waals surface area contributed by atoms with Gasteiger partial charge in [-0.3, -0.25) is 9.59 Å². The Hall–Kier alpha value is -2.51. The van der Waals surface area contributed by atoms with E-state index < -0.39 is 11.4 Å². The van der Waals surface area contributed by atoms with Crippen molar-refractivity contribution in [3.8, 4) is 0 Å². The van der Waals surface area contributed by atoms with Gasteiger partial charge in [0.2, 0.25) is 5.82 Å². The Morgan fingerprint density at radius 2 is 2.19 bits per heavy atom. The number of carboxylic acids is 1. The lowest BCUT2D eigenvalue weighted by Crippen LogP contribution is -2.35. The summed E-state index contributed by atoms with van der Waals surface area (Å²) < 4.78 is 1.50. The molecule has 1 saturated heterocycles. The van der Waals surface area contributed by atoms with Crippen LogP contribution in [0.5, 0.6) is 0 Å². The molecule has 3 rings (SSSR count). The molecule has 1 N–H and O–H groups in total. The van der Waals surface area contributed by atoms with E-state index in [0.29, 0.717) is 18.7 Å². The SMILES string of the molecule is Cc1ccnc2nc(C(=O)N3CCC(C)(C(=O)O)C3)nn12. The zero-order valence-electron chi connectivity index (χ0n) is 11.8. The van der Waals surface area contributed by atoms with Crippen molar-refractivity contribution in [3.63, 3.8) is 0 Å². The molecule has 0 aromatic carbocycles. The van der Waals surface area contributed by atoms with Crippen molar-refractivity contribution < 1.29 is 14.7 Å². The van der Waals surface area contributed by atoms with Gasteiger partial charge >= 0.3 is 5.97 Å². The number of likely N-dealkylation sites (tertiary alicyclic amines) is 1. The smallest absolute Gasteiger partial charge is 0.311 e. The number of hydrogen-bond donors (Lipinski definition) is 1. The molecule has 1 aliphatic heterocycles. The zero-order chi connectivity index (χ0) is 15.2. The molecule has 1 amide bonds. The predicted octanol–water partition coefficient (Wildman–Crippen LogP) is 0.370. The number of carbonyl (C=O) groups excluding carboxylic acids is 1. The number of fused-ring (bicyclic) bond motifs is 1. The van der Waals surface area contributed by atoms with Crippen LogP contribution in [0.4, 0.5) is 0 Å². The lowest BCUT2D eigenvalue weighted by molar-refractivity contribution is -0.147. The van der Waals surface area contributed by atoms with Gasteiger partial charge in [-0.15, -0.1) is 5.10 Å². The Kier molecular flexibility index (Phi) is 2.89. The highest BCUT2D eigenvalue weighted by molar-refractivity contribution is 5.92. The van der Waals surface area contributed by atoms with E-state index in [1.165, 1.54) is 9.42 Å². The number of aryl methyl sites for hydroxylation is 1. The van der Waals surface area contributed by atoms with Crippen LogP contribution in [0.15, 0.2) is 12.3 Å². The minimum atomic E-state index is -0.900. The van der Waals surface area contributed by atoms with Gasteiger partial charge in [0.1, 0.15) is 0 Å². The number of aromatic nitrogens is 4. The highest BCUT2D eigenvalue weighted by atomic mass is 16.4. The molecule has 2 aromatic heterocycles. The zero-order valence-corrected chi connectivity index (χ0v) is 11.8. The van der Waals surface area contributed by atoms with Gasteiger partial charge in [-0.2, -0.15) is 4.98 Å². The molecule has 1 fully saturated rings. The molecule has 0 saturated carbocycles. The summed E-state index contributed by atoms with van der Waals surface area (Å²) in [6.07, 6.45) is 2.03. The van der Waals surface area contributed by atoms with Crippen molar-refractivity contribution in [2.75, 3.05) is 13.1 Å². The molecule has 1 aliphatic rings. The Morgan fingerprint density at radius 3 is 2.81 bits per heavy atom. The van der Waals surface area contributed by atoms with Gasteiger partial charge in [-0.1, -0.05) is 0 Å². The summed E-state index contributed by atoms with van der Waals surface area (Å²) in [6.45, 7) is 4.05. The van der Waals surface area contributed by atoms with Gasteiger partial charge in [0.25, 0.3) is 11.7 Å². The van der Waals surface area contributed by atoms with Crippen molar-refractivity contribution in [3.05, 3.63) is 23.8 Å². The standard InChI is InChI=1S/C13H15N5O3/c1-8-3-5-14-12-15-9(16-18(8)12)10(19)17-6-4-13(2,7-17)11(20)21/h3,5H,4,6-7H2,1-2H3,(H,20,21). The quantitative estimate of drug-likeness (QED) is 0.857. The van der Waals surface area contributed by atoms with E-state index >= 15 is 0 Å². The first-order chi connectivity index (χ1) is 9.90. The number of amides is 1. The third-order valence-electron chi connectivity index (χ3n) is 3.90. The minimum absolute atomic E-state index is 0.0476. The summed E-state index contributed by atoms with van der Waals surface area (Å²) >= 11 is 0. The molecule has 21 heavy (non-hydrogen) atoms. The fourth-order valence-corrected chi connectivity index (χ4v) is 2.45. The highest BCUT2D eigenvalue weighted by Crippen LogP contribution is 2.30. The van der Waals surface area contributed by atoms with Gasteiger partial charge in [-0.25, -0.2) is 9.50 Å². The van der Waals surface area contributed by atoms with E-state index in [2.05, 4.69) is 15.1 Å². The third-order valence-corrected chi connectivity index (χ3v) is 3.90. The molecule has 0 aliphatic carbocycles. The van der Waals surface area contributed by atoms with Gasteiger partial charge in [0.05, 0.1) is 5.41 Å². The first-order valence-electron chi connectivity index (χ1n) is 6.62. The summed E-state index contributed by atoms with van der Waals surface area (Å²) in [4.78, 5) is 33.3. The minimum Gasteiger partial charge on any atom is -0.481 e.